The fraction of sp³-hybridized carbons (Fsp3) is 0.0204. The predicted octanol–water partition coefficient (Wildman–Crippen LogP) is 13.8. The number of fused-ring (bicyclic) bond motifs is 8. The van der Waals surface area contributed by atoms with Crippen molar-refractivity contribution in [2.24, 2.45) is 0 Å². The molecule has 3 heterocycles. The van der Waals surface area contributed by atoms with Gasteiger partial charge in [-0.25, -0.2) is 0 Å². The molecule has 0 fully saturated rings. The Morgan fingerprint density at radius 1 is 0.463 bits per heavy atom. The first-order chi connectivity index (χ1) is 26.8. The van der Waals surface area contributed by atoms with E-state index in [9.17, 15) is 0 Å². The molecule has 1 atom stereocenters. The minimum absolute atomic E-state index is 0.341. The second-order valence-electron chi connectivity index (χ2n) is 13.7. The van der Waals surface area contributed by atoms with Crippen LogP contribution in [-0.4, -0.2) is 0 Å². The van der Waals surface area contributed by atoms with Crippen molar-refractivity contribution in [2.45, 2.75) is 6.23 Å². The molecule has 54 heavy (non-hydrogen) atoms. The molecule has 5 heteroatoms. The normalized spacial score (nSPS) is 13.7. The summed E-state index contributed by atoms with van der Waals surface area (Å²) >= 11 is 0. The maximum absolute atomic E-state index is 6.84. The first kappa shape index (κ1) is 30.4. The van der Waals surface area contributed by atoms with Crippen LogP contribution in [-0.2, 0) is 0 Å². The Hall–Kier alpha value is -7.24. The Kier molecular flexibility index (Phi) is 6.85. The van der Waals surface area contributed by atoms with Crippen molar-refractivity contribution in [1.82, 2.24) is 0 Å². The molecule has 1 N–H and O–H groups in total. The maximum atomic E-state index is 6.84. The third kappa shape index (κ3) is 4.79. The number of hydrogen-bond acceptors (Lipinski definition) is 5. The fourth-order valence-corrected chi connectivity index (χ4v) is 8.06. The first-order valence-corrected chi connectivity index (χ1v) is 18.2. The van der Waals surface area contributed by atoms with E-state index >= 15 is 0 Å². The summed E-state index contributed by atoms with van der Waals surface area (Å²) < 4.78 is 20.0. The van der Waals surface area contributed by atoms with Crippen LogP contribution in [0.3, 0.4) is 0 Å². The quantitative estimate of drug-likeness (QED) is 0.188. The monoisotopic (exact) mass is 696 g/mol. The second kappa shape index (κ2) is 12.2. The first-order valence-electron chi connectivity index (χ1n) is 18.2. The lowest BCUT2D eigenvalue weighted by Crippen LogP contribution is -2.11. The number of rotatable bonds is 6. The standard InChI is InChI=1S/C49H32N2O3/c1-3-14-31(15-4-1)35-18-7-8-19-36(35)32-26-28-34(29-27-32)51(40-22-13-25-44-45(40)37-20-9-11-23-42(37)52-44)41-30-39-47(54-49(50-39)33-16-5-2-6-17-33)46-38-21-10-12-24-43(38)53-48(41)46/h1-30,49-50H. The van der Waals surface area contributed by atoms with Gasteiger partial charge in [0, 0.05) is 22.0 Å². The van der Waals surface area contributed by atoms with Crippen LogP contribution in [0.25, 0.3) is 66.1 Å². The molecule has 1 aliphatic rings. The van der Waals surface area contributed by atoms with Crippen LogP contribution < -0.4 is 15.0 Å². The highest BCUT2D eigenvalue weighted by Gasteiger charge is 2.32. The van der Waals surface area contributed by atoms with Gasteiger partial charge in [-0.15, -0.1) is 0 Å². The van der Waals surface area contributed by atoms with E-state index in [2.05, 4.69) is 144 Å². The van der Waals surface area contributed by atoms with Crippen molar-refractivity contribution < 1.29 is 13.6 Å². The summed E-state index contributed by atoms with van der Waals surface area (Å²) in [5.74, 6) is 0.785. The summed E-state index contributed by atoms with van der Waals surface area (Å²) in [6.45, 7) is 0. The molecule has 0 bridgehead atoms. The predicted molar refractivity (Wildman–Crippen MR) is 220 cm³/mol. The Labute approximate surface area is 311 Å². The topological polar surface area (TPSA) is 50.8 Å². The molecule has 0 aliphatic carbocycles. The number of furan rings is 2. The summed E-state index contributed by atoms with van der Waals surface area (Å²) in [4.78, 5) is 2.31. The largest absolute Gasteiger partial charge is 0.464 e. The van der Waals surface area contributed by atoms with Crippen LogP contribution in [0.15, 0.2) is 191 Å². The number of nitrogens with zero attached hydrogens (tertiary/aromatic N) is 1. The maximum Gasteiger partial charge on any atom is 0.196 e. The molecular formula is C49H32N2O3. The number of nitrogens with one attached hydrogen (secondary N) is 1. The highest BCUT2D eigenvalue weighted by Crippen LogP contribution is 2.54. The SMILES string of the molecule is c1ccc(-c2ccccc2-c2ccc(N(c3cc4c(c5c3oc3ccccc35)OC(c3ccccc3)N4)c3cccc4oc5ccccc5c34)cc2)cc1. The minimum Gasteiger partial charge on any atom is -0.464 e. The van der Waals surface area contributed by atoms with Gasteiger partial charge in [0.2, 0.25) is 0 Å². The van der Waals surface area contributed by atoms with Gasteiger partial charge < -0.3 is 23.8 Å². The number of benzene rings is 8. The van der Waals surface area contributed by atoms with Crippen molar-refractivity contribution in [3.05, 3.63) is 188 Å². The lowest BCUT2D eigenvalue weighted by atomic mass is 9.94. The molecular weight excluding hydrogens is 665 g/mol. The van der Waals surface area contributed by atoms with E-state index in [0.29, 0.717) is 0 Å². The summed E-state index contributed by atoms with van der Waals surface area (Å²) in [5.41, 5.74) is 12.7. The highest BCUT2D eigenvalue weighted by atomic mass is 16.5. The van der Waals surface area contributed by atoms with Crippen molar-refractivity contribution in [2.75, 3.05) is 10.2 Å². The van der Waals surface area contributed by atoms with Gasteiger partial charge in [0.05, 0.1) is 27.8 Å². The summed E-state index contributed by atoms with van der Waals surface area (Å²) in [7, 11) is 0. The van der Waals surface area contributed by atoms with Gasteiger partial charge in [0.1, 0.15) is 16.7 Å². The van der Waals surface area contributed by atoms with E-state index in [4.69, 9.17) is 13.6 Å². The molecule has 8 aromatic carbocycles. The van der Waals surface area contributed by atoms with Crippen LogP contribution in [0.1, 0.15) is 11.8 Å². The van der Waals surface area contributed by atoms with Gasteiger partial charge in [0.15, 0.2) is 17.6 Å². The van der Waals surface area contributed by atoms with Crippen LogP contribution in [0.4, 0.5) is 22.7 Å². The Morgan fingerprint density at radius 3 is 1.80 bits per heavy atom. The van der Waals surface area contributed by atoms with Crippen LogP contribution in [0.2, 0.25) is 0 Å². The average Bonchev–Trinajstić information content (AvgIpc) is 3.96. The minimum atomic E-state index is -0.341. The third-order valence-corrected chi connectivity index (χ3v) is 10.5. The third-order valence-electron chi connectivity index (χ3n) is 10.5. The Balaban J connectivity index is 1.16. The zero-order valence-electron chi connectivity index (χ0n) is 29.1. The van der Waals surface area contributed by atoms with Crippen molar-refractivity contribution in [1.29, 1.82) is 0 Å². The van der Waals surface area contributed by atoms with Gasteiger partial charge in [-0.3, -0.25) is 0 Å². The molecule has 0 amide bonds. The summed E-state index contributed by atoms with van der Waals surface area (Å²) in [6, 6.07) is 63.1. The van der Waals surface area contributed by atoms with Gasteiger partial charge in [-0.1, -0.05) is 140 Å². The average molecular weight is 697 g/mol. The summed E-state index contributed by atoms with van der Waals surface area (Å²) in [6.07, 6.45) is -0.341. The highest BCUT2D eigenvalue weighted by molar-refractivity contribution is 6.18. The smallest absolute Gasteiger partial charge is 0.196 e. The van der Waals surface area contributed by atoms with E-state index < -0.39 is 0 Å². The Bertz CT molecular complexity index is 3000. The lowest BCUT2D eigenvalue weighted by molar-refractivity contribution is 0.263. The second-order valence-corrected chi connectivity index (χ2v) is 13.7. The molecule has 0 saturated heterocycles. The lowest BCUT2D eigenvalue weighted by Gasteiger charge is -2.27. The van der Waals surface area contributed by atoms with Gasteiger partial charge >= 0.3 is 0 Å². The van der Waals surface area contributed by atoms with Crippen molar-refractivity contribution in [3.63, 3.8) is 0 Å². The van der Waals surface area contributed by atoms with Crippen LogP contribution in [0, 0.1) is 0 Å². The molecule has 0 radical (unpaired) electrons. The number of para-hydroxylation sites is 2. The number of ether oxygens (including phenoxy) is 1. The van der Waals surface area contributed by atoms with E-state index in [0.717, 1.165) is 83.5 Å². The molecule has 2 aromatic heterocycles. The van der Waals surface area contributed by atoms with E-state index in [1.807, 2.05) is 48.5 Å². The number of anilines is 4. The molecule has 0 spiro atoms. The van der Waals surface area contributed by atoms with Crippen LogP contribution in [0.5, 0.6) is 5.75 Å². The van der Waals surface area contributed by atoms with Crippen molar-refractivity contribution >= 4 is 66.6 Å². The van der Waals surface area contributed by atoms with E-state index in [1.165, 1.54) is 16.7 Å². The fourth-order valence-electron chi connectivity index (χ4n) is 8.06. The van der Waals surface area contributed by atoms with Gasteiger partial charge in [-0.05, 0) is 64.7 Å². The van der Waals surface area contributed by atoms with E-state index in [1.54, 1.807) is 0 Å². The van der Waals surface area contributed by atoms with Crippen LogP contribution >= 0.6 is 0 Å². The summed E-state index contributed by atoms with van der Waals surface area (Å²) in [5, 5.41) is 7.72. The molecule has 256 valence electrons. The van der Waals surface area contributed by atoms with Crippen molar-refractivity contribution in [3.8, 4) is 28.0 Å². The molecule has 1 aliphatic heterocycles. The van der Waals surface area contributed by atoms with E-state index in [-0.39, 0.29) is 6.23 Å². The molecule has 1 unspecified atom stereocenters. The molecule has 10 aromatic rings. The zero-order chi connectivity index (χ0) is 35.6. The molecule has 11 rings (SSSR count). The molecule has 0 saturated carbocycles. The number of hydrogen-bond donors (Lipinski definition) is 1. The molecule has 5 nitrogen and oxygen atoms in total. The zero-order valence-corrected chi connectivity index (χ0v) is 29.1. The van der Waals surface area contributed by atoms with Gasteiger partial charge in [0.25, 0.3) is 0 Å². The Morgan fingerprint density at radius 2 is 1.06 bits per heavy atom. The van der Waals surface area contributed by atoms with Gasteiger partial charge in [-0.2, -0.15) is 0 Å².